The van der Waals surface area contributed by atoms with E-state index in [1.54, 1.807) is 30.3 Å². The van der Waals surface area contributed by atoms with E-state index in [2.05, 4.69) is 19.8 Å². The molecule has 1 saturated heterocycles. The van der Waals surface area contributed by atoms with Gasteiger partial charge in [0.2, 0.25) is 17.8 Å². The summed E-state index contributed by atoms with van der Waals surface area (Å²) in [4.78, 5) is 40.6. The van der Waals surface area contributed by atoms with E-state index in [4.69, 9.17) is 0 Å². The average molecular weight is 362 g/mol. The highest BCUT2D eigenvalue weighted by Gasteiger charge is 2.23. The molecule has 8 heteroatoms. The fourth-order valence-corrected chi connectivity index (χ4v) is 3.00. The Labute approximate surface area is 155 Å². The zero-order valence-electron chi connectivity index (χ0n) is 16.1. The Morgan fingerprint density at radius 3 is 2.27 bits per heavy atom. The third-order valence-electron chi connectivity index (χ3n) is 4.54. The molecule has 0 saturated carbocycles. The number of carbonyl (C=O) groups excluding carboxylic acids is 2. The number of piperazine rings is 1. The fraction of sp³-hybridized carbons (Fsp3) is 0.667. The first-order valence-corrected chi connectivity index (χ1v) is 9.17. The SMILES string of the molecule is CC(=O)N(CCCN(C)C)CCC(=O)N1CCN(c2ncccn2)CC1. The second-order valence-electron chi connectivity index (χ2n) is 6.83. The molecule has 0 aliphatic carbocycles. The van der Waals surface area contributed by atoms with Crippen molar-refractivity contribution >= 4 is 17.8 Å². The monoisotopic (exact) mass is 362 g/mol. The van der Waals surface area contributed by atoms with Crippen molar-refractivity contribution in [3.8, 4) is 0 Å². The van der Waals surface area contributed by atoms with Gasteiger partial charge in [-0.2, -0.15) is 0 Å². The van der Waals surface area contributed by atoms with Crippen LogP contribution in [0.15, 0.2) is 18.5 Å². The molecule has 26 heavy (non-hydrogen) atoms. The first kappa shape index (κ1) is 20.1. The van der Waals surface area contributed by atoms with E-state index in [0.717, 1.165) is 26.1 Å². The van der Waals surface area contributed by atoms with Crippen molar-refractivity contribution in [2.45, 2.75) is 19.8 Å². The molecule has 0 bridgehead atoms. The summed E-state index contributed by atoms with van der Waals surface area (Å²) in [5.41, 5.74) is 0. The molecule has 144 valence electrons. The van der Waals surface area contributed by atoms with Gasteiger partial charge in [0, 0.05) is 65.0 Å². The number of hydrogen-bond donors (Lipinski definition) is 0. The van der Waals surface area contributed by atoms with E-state index in [-0.39, 0.29) is 11.8 Å². The van der Waals surface area contributed by atoms with Gasteiger partial charge in [-0.05, 0) is 33.1 Å². The third kappa shape index (κ3) is 6.25. The van der Waals surface area contributed by atoms with Crippen LogP contribution in [0.2, 0.25) is 0 Å². The minimum Gasteiger partial charge on any atom is -0.342 e. The van der Waals surface area contributed by atoms with Gasteiger partial charge in [0.05, 0.1) is 0 Å². The van der Waals surface area contributed by atoms with Gasteiger partial charge < -0.3 is 19.6 Å². The van der Waals surface area contributed by atoms with Gasteiger partial charge in [0.1, 0.15) is 0 Å². The average Bonchev–Trinajstić information content (AvgIpc) is 2.64. The van der Waals surface area contributed by atoms with Crippen LogP contribution in [0.1, 0.15) is 19.8 Å². The number of rotatable bonds is 8. The summed E-state index contributed by atoms with van der Waals surface area (Å²) < 4.78 is 0. The van der Waals surface area contributed by atoms with Crippen molar-refractivity contribution in [1.82, 2.24) is 24.7 Å². The molecule has 1 aromatic rings. The molecule has 0 atom stereocenters. The van der Waals surface area contributed by atoms with Gasteiger partial charge in [-0.25, -0.2) is 9.97 Å². The topological polar surface area (TPSA) is 72.9 Å². The Morgan fingerprint density at radius 1 is 1.04 bits per heavy atom. The number of nitrogens with zero attached hydrogens (tertiary/aromatic N) is 6. The van der Waals surface area contributed by atoms with E-state index in [0.29, 0.717) is 38.5 Å². The predicted molar refractivity (Wildman–Crippen MR) is 101 cm³/mol. The molecule has 0 spiro atoms. The van der Waals surface area contributed by atoms with Gasteiger partial charge >= 0.3 is 0 Å². The molecule has 8 nitrogen and oxygen atoms in total. The smallest absolute Gasteiger partial charge is 0.225 e. The van der Waals surface area contributed by atoms with Crippen LogP contribution in [0.3, 0.4) is 0 Å². The minimum absolute atomic E-state index is 0.0302. The number of carbonyl (C=O) groups is 2. The van der Waals surface area contributed by atoms with Crippen LogP contribution in [0.5, 0.6) is 0 Å². The molecule has 0 unspecified atom stereocenters. The van der Waals surface area contributed by atoms with E-state index in [1.165, 1.54) is 0 Å². The molecule has 1 aromatic heterocycles. The predicted octanol–water partition coefficient (Wildman–Crippen LogP) is 0.316. The van der Waals surface area contributed by atoms with E-state index < -0.39 is 0 Å². The lowest BCUT2D eigenvalue weighted by Crippen LogP contribution is -2.49. The number of hydrogen-bond acceptors (Lipinski definition) is 6. The van der Waals surface area contributed by atoms with Crippen LogP contribution in [-0.4, -0.2) is 96.4 Å². The van der Waals surface area contributed by atoms with Gasteiger partial charge in [-0.3, -0.25) is 9.59 Å². The summed E-state index contributed by atoms with van der Waals surface area (Å²) in [6.45, 7) is 6.48. The van der Waals surface area contributed by atoms with Crippen LogP contribution in [0.4, 0.5) is 5.95 Å². The highest BCUT2D eigenvalue weighted by molar-refractivity contribution is 5.78. The summed E-state index contributed by atoms with van der Waals surface area (Å²) in [5.74, 6) is 0.850. The minimum atomic E-state index is 0.0302. The summed E-state index contributed by atoms with van der Waals surface area (Å²) in [6, 6.07) is 1.79. The number of anilines is 1. The normalized spacial score (nSPS) is 14.6. The van der Waals surface area contributed by atoms with Crippen molar-refractivity contribution in [3.63, 3.8) is 0 Å². The summed E-state index contributed by atoms with van der Waals surface area (Å²) in [7, 11) is 4.03. The summed E-state index contributed by atoms with van der Waals surface area (Å²) in [6.07, 6.45) is 4.75. The van der Waals surface area contributed by atoms with Gasteiger partial charge in [-0.1, -0.05) is 0 Å². The lowest BCUT2D eigenvalue weighted by atomic mass is 10.2. The van der Waals surface area contributed by atoms with E-state index in [1.807, 2.05) is 19.0 Å². The van der Waals surface area contributed by atoms with Crippen molar-refractivity contribution in [3.05, 3.63) is 18.5 Å². The van der Waals surface area contributed by atoms with Crippen molar-refractivity contribution in [2.75, 3.05) is 64.8 Å². The largest absolute Gasteiger partial charge is 0.342 e. The molecule has 0 N–H and O–H groups in total. The molecule has 0 radical (unpaired) electrons. The van der Waals surface area contributed by atoms with E-state index in [9.17, 15) is 9.59 Å². The zero-order chi connectivity index (χ0) is 18.9. The Balaban J connectivity index is 1.74. The third-order valence-corrected chi connectivity index (χ3v) is 4.54. The molecule has 2 amide bonds. The van der Waals surface area contributed by atoms with Crippen LogP contribution in [0.25, 0.3) is 0 Å². The van der Waals surface area contributed by atoms with Crippen LogP contribution >= 0.6 is 0 Å². The molecular formula is C18H30N6O2. The number of aromatic nitrogens is 2. The Bertz CT molecular complexity index is 572. The van der Waals surface area contributed by atoms with Crippen LogP contribution in [0, 0.1) is 0 Å². The molecule has 0 aromatic carbocycles. The van der Waals surface area contributed by atoms with Gasteiger partial charge in [0.25, 0.3) is 0 Å². The molecule has 2 rings (SSSR count). The van der Waals surface area contributed by atoms with Gasteiger partial charge in [-0.15, -0.1) is 0 Å². The van der Waals surface area contributed by atoms with E-state index >= 15 is 0 Å². The maximum absolute atomic E-state index is 12.5. The molecular weight excluding hydrogens is 332 g/mol. The first-order chi connectivity index (χ1) is 12.5. The molecule has 1 fully saturated rings. The lowest BCUT2D eigenvalue weighted by molar-refractivity contribution is -0.133. The molecule has 2 heterocycles. The maximum Gasteiger partial charge on any atom is 0.225 e. The summed E-state index contributed by atoms with van der Waals surface area (Å²) in [5, 5.41) is 0. The van der Waals surface area contributed by atoms with Crippen LogP contribution in [-0.2, 0) is 9.59 Å². The fourth-order valence-electron chi connectivity index (χ4n) is 3.00. The highest BCUT2D eigenvalue weighted by atomic mass is 16.2. The number of amides is 2. The Hall–Kier alpha value is -2.22. The Kier molecular flexibility index (Phi) is 7.77. The second-order valence-corrected chi connectivity index (χ2v) is 6.83. The van der Waals surface area contributed by atoms with Crippen molar-refractivity contribution < 1.29 is 9.59 Å². The van der Waals surface area contributed by atoms with Crippen molar-refractivity contribution in [2.24, 2.45) is 0 Å². The van der Waals surface area contributed by atoms with Gasteiger partial charge in [0.15, 0.2) is 0 Å². The van der Waals surface area contributed by atoms with Crippen LogP contribution < -0.4 is 4.90 Å². The molecule has 1 aliphatic heterocycles. The lowest BCUT2D eigenvalue weighted by Gasteiger charge is -2.35. The molecule has 1 aliphatic rings. The second kappa shape index (κ2) is 10.1. The Morgan fingerprint density at radius 2 is 1.69 bits per heavy atom. The summed E-state index contributed by atoms with van der Waals surface area (Å²) >= 11 is 0. The standard InChI is InChI=1S/C18H30N6O2/c1-16(25)22(10-5-9-21(2)3)11-6-17(26)23-12-14-24(15-13-23)18-19-7-4-8-20-18/h4,7-8H,5-6,9-15H2,1-3H3. The highest BCUT2D eigenvalue weighted by Crippen LogP contribution is 2.10. The zero-order valence-corrected chi connectivity index (χ0v) is 16.1. The van der Waals surface area contributed by atoms with Crippen molar-refractivity contribution in [1.29, 1.82) is 0 Å². The maximum atomic E-state index is 12.5. The first-order valence-electron chi connectivity index (χ1n) is 9.17. The quantitative estimate of drug-likeness (QED) is 0.663.